The third kappa shape index (κ3) is 3.15. The lowest BCUT2D eigenvalue weighted by atomic mass is 9.93. The fourth-order valence-corrected chi connectivity index (χ4v) is 2.83. The van der Waals surface area contributed by atoms with Crippen LogP contribution in [0.15, 0.2) is 48.5 Å². The van der Waals surface area contributed by atoms with Crippen molar-refractivity contribution in [2.75, 3.05) is 14.2 Å². The van der Waals surface area contributed by atoms with Gasteiger partial charge in [-0.1, -0.05) is 59.3 Å². The molecular weight excluding hydrogens is 316 g/mol. The lowest BCUT2D eigenvalue weighted by Crippen LogP contribution is -2.03. The third-order valence-corrected chi connectivity index (χ3v) is 4.81. The smallest absolute Gasteiger partial charge is 0.161 e. The van der Waals surface area contributed by atoms with Gasteiger partial charge in [0.25, 0.3) is 0 Å². The summed E-state index contributed by atoms with van der Waals surface area (Å²) in [5, 5.41) is 0. The maximum absolute atomic E-state index is 5.37. The Kier molecular flexibility index (Phi) is 5.07. The largest absolute Gasteiger partial charge is 0.493 e. The second-order valence-corrected chi connectivity index (χ2v) is 5.70. The molecule has 0 heterocycles. The highest BCUT2D eigenvalue weighted by molar-refractivity contribution is 9.09. The first-order valence-corrected chi connectivity index (χ1v) is 7.50. The summed E-state index contributed by atoms with van der Waals surface area (Å²) in [5.41, 5.74) is 2.49. The molecule has 2 atom stereocenters. The standard InChI is InChI=1S/C17H19BrO2/c1-12(13-7-5-4-6-8-13)17(18)14-9-10-15(19-2)16(11-14)20-3/h4-12,17H,1-3H3. The van der Waals surface area contributed by atoms with Crippen molar-refractivity contribution in [3.05, 3.63) is 59.7 Å². The van der Waals surface area contributed by atoms with E-state index in [0.29, 0.717) is 5.92 Å². The highest BCUT2D eigenvalue weighted by atomic mass is 79.9. The van der Waals surface area contributed by atoms with Gasteiger partial charge < -0.3 is 9.47 Å². The van der Waals surface area contributed by atoms with Crippen molar-refractivity contribution in [2.24, 2.45) is 0 Å². The fourth-order valence-electron chi connectivity index (χ4n) is 2.24. The van der Waals surface area contributed by atoms with E-state index in [1.165, 1.54) is 11.1 Å². The van der Waals surface area contributed by atoms with Crippen LogP contribution in [0.5, 0.6) is 11.5 Å². The molecule has 0 radical (unpaired) electrons. The molecular formula is C17H19BrO2. The molecule has 0 aromatic heterocycles. The van der Waals surface area contributed by atoms with E-state index >= 15 is 0 Å². The Morgan fingerprint density at radius 3 is 2.10 bits per heavy atom. The number of alkyl halides is 1. The Morgan fingerprint density at radius 2 is 1.50 bits per heavy atom. The third-order valence-electron chi connectivity index (χ3n) is 3.49. The van der Waals surface area contributed by atoms with Gasteiger partial charge in [-0.3, -0.25) is 0 Å². The SMILES string of the molecule is COc1ccc(C(Br)C(C)c2ccccc2)cc1OC. The summed E-state index contributed by atoms with van der Waals surface area (Å²) in [6.45, 7) is 2.21. The second-order valence-electron chi connectivity index (χ2n) is 4.72. The molecule has 0 aliphatic heterocycles. The predicted molar refractivity (Wildman–Crippen MR) is 86.1 cm³/mol. The summed E-state index contributed by atoms with van der Waals surface area (Å²) in [6, 6.07) is 16.5. The molecule has 2 aromatic rings. The van der Waals surface area contributed by atoms with E-state index < -0.39 is 0 Å². The number of ether oxygens (including phenoxy) is 2. The first-order valence-electron chi connectivity index (χ1n) is 6.58. The minimum atomic E-state index is 0.227. The van der Waals surface area contributed by atoms with Crippen molar-refractivity contribution in [2.45, 2.75) is 17.7 Å². The summed E-state index contributed by atoms with van der Waals surface area (Å²) >= 11 is 3.80. The Morgan fingerprint density at radius 1 is 0.850 bits per heavy atom. The van der Waals surface area contributed by atoms with Gasteiger partial charge in [0, 0.05) is 4.83 Å². The zero-order valence-corrected chi connectivity index (χ0v) is 13.6. The number of methoxy groups -OCH3 is 2. The van der Waals surface area contributed by atoms with Crippen molar-refractivity contribution in [3.63, 3.8) is 0 Å². The highest BCUT2D eigenvalue weighted by Gasteiger charge is 2.19. The maximum atomic E-state index is 5.37. The zero-order valence-electron chi connectivity index (χ0n) is 12.0. The molecule has 0 saturated heterocycles. The van der Waals surface area contributed by atoms with E-state index in [9.17, 15) is 0 Å². The molecule has 2 unspecified atom stereocenters. The quantitative estimate of drug-likeness (QED) is 0.720. The molecule has 0 amide bonds. The molecule has 0 fully saturated rings. The molecule has 20 heavy (non-hydrogen) atoms. The molecule has 2 rings (SSSR count). The minimum absolute atomic E-state index is 0.227. The van der Waals surface area contributed by atoms with Gasteiger partial charge in [0.05, 0.1) is 14.2 Å². The van der Waals surface area contributed by atoms with Gasteiger partial charge in [0.2, 0.25) is 0 Å². The zero-order chi connectivity index (χ0) is 14.5. The Labute approximate surface area is 128 Å². The summed E-state index contributed by atoms with van der Waals surface area (Å²) in [7, 11) is 3.31. The normalized spacial score (nSPS) is 13.6. The average Bonchev–Trinajstić information content (AvgIpc) is 2.53. The first kappa shape index (κ1) is 14.9. The van der Waals surface area contributed by atoms with Crippen LogP contribution in [0, 0.1) is 0 Å². The molecule has 0 spiro atoms. The van der Waals surface area contributed by atoms with Crippen LogP contribution >= 0.6 is 15.9 Å². The van der Waals surface area contributed by atoms with Gasteiger partial charge in [-0.05, 0) is 29.2 Å². The van der Waals surface area contributed by atoms with E-state index in [0.717, 1.165) is 11.5 Å². The maximum Gasteiger partial charge on any atom is 0.161 e. The van der Waals surface area contributed by atoms with Crippen LogP contribution in [0.2, 0.25) is 0 Å². The van der Waals surface area contributed by atoms with Crippen LogP contribution in [0.3, 0.4) is 0 Å². The van der Waals surface area contributed by atoms with Gasteiger partial charge in [-0.25, -0.2) is 0 Å². The van der Waals surface area contributed by atoms with E-state index in [-0.39, 0.29) is 4.83 Å². The van der Waals surface area contributed by atoms with E-state index in [1.807, 2.05) is 18.2 Å². The van der Waals surface area contributed by atoms with Gasteiger partial charge in [-0.15, -0.1) is 0 Å². The van der Waals surface area contributed by atoms with Crippen LogP contribution in [0.1, 0.15) is 28.8 Å². The Balaban J connectivity index is 2.27. The number of halogens is 1. The van der Waals surface area contributed by atoms with Crippen LogP contribution in [-0.2, 0) is 0 Å². The predicted octanol–water partition coefficient (Wildman–Crippen LogP) is 4.94. The molecule has 0 bridgehead atoms. The molecule has 0 aliphatic carbocycles. The number of benzene rings is 2. The highest BCUT2D eigenvalue weighted by Crippen LogP contribution is 2.40. The number of hydrogen-bond donors (Lipinski definition) is 0. The van der Waals surface area contributed by atoms with E-state index in [4.69, 9.17) is 9.47 Å². The van der Waals surface area contributed by atoms with Crippen molar-refractivity contribution < 1.29 is 9.47 Å². The van der Waals surface area contributed by atoms with Crippen LogP contribution in [0.4, 0.5) is 0 Å². The lowest BCUT2D eigenvalue weighted by molar-refractivity contribution is 0.354. The summed E-state index contributed by atoms with van der Waals surface area (Å²) < 4.78 is 10.6. The summed E-state index contributed by atoms with van der Waals surface area (Å²) in [5.74, 6) is 1.88. The minimum Gasteiger partial charge on any atom is -0.493 e. The molecule has 2 aromatic carbocycles. The number of hydrogen-bond acceptors (Lipinski definition) is 2. The Hall–Kier alpha value is -1.48. The first-order chi connectivity index (χ1) is 9.67. The Bertz CT molecular complexity index is 554. The monoisotopic (exact) mass is 334 g/mol. The van der Waals surface area contributed by atoms with Crippen LogP contribution in [-0.4, -0.2) is 14.2 Å². The lowest BCUT2D eigenvalue weighted by Gasteiger charge is -2.20. The molecule has 106 valence electrons. The average molecular weight is 335 g/mol. The topological polar surface area (TPSA) is 18.5 Å². The van der Waals surface area contributed by atoms with Gasteiger partial charge in [0.15, 0.2) is 11.5 Å². The summed E-state index contributed by atoms with van der Waals surface area (Å²) in [4.78, 5) is 0.227. The van der Waals surface area contributed by atoms with E-state index in [1.54, 1.807) is 14.2 Å². The molecule has 3 heteroatoms. The van der Waals surface area contributed by atoms with Gasteiger partial charge in [0.1, 0.15) is 0 Å². The molecule has 0 N–H and O–H groups in total. The van der Waals surface area contributed by atoms with Gasteiger partial charge in [-0.2, -0.15) is 0 Å². The molecule has 0 aliphatic rings. The van der Waals surface area contributed by atoms with Crippen molar-refractivity contribution >= 4 is 15.9 Å². The fraction of sp³-hybridized carbons (Fsp3) is 0.294. The van der Waals surface area contributed by atoms with Crippen LogP contribution in [0.25, 0.3) is 0 Å². The van der Waals surface area contributed by atoms with Gasteiger partial charge >= 0.3 is 0 Å². The van der Waals surface area contributed by atoms with Crippen LogP contribution < -0.4 is 9.47 Å². The molecule has 0 saturated carbocycles. The second kappa shape index (κ2) is 6.80. The van der Waals surface area contributed by atoms with Crippen molar-refractivity contribution in [1.29, 1.82) is 0 Å². The molecule has 2 nitrogen and oxygen atoms in total. The number of rotatable bonds is 5. The van der Waals surface area contributed by atoms with Crippen molar-refractivity contribution in [1.82, 2.24) is 0 Å². The van der Waals surface area contributed by atoms with E-state index in [2.05, 4.69) is 53.2 Å². The summed E-state index contributed by atoms with van der Waals surface area (Å²) in [6.07, 6.45) is 0. The van der Waals surface area contributed by atoms with Crippen molar-refractivity contribution in [3.8, 4) is 11.5 Å².